The molecule has 0 fully saturated rings. The van der Waals surface area contributed by atoms with Crippen LogP contribution in [0, 0.1) is 6.92 Å². The van der Waals surface area contributed by atoms with Crippen LogP contribution in [0.4, 0.5) is 4.79 Å². The van der Waals surface area contributed by atoms with E-state index in [-0.39, 0.29) is 12.1 Å². The molecule has 3 nitrogen and oxygen atoms in total. The highest BCUT2D eigenvalue weighted by Gasteiger charge is 2.11. The van der Waals surface area contributed by atoms with E-state index in [1.54, 1.807) is 0 Å². The van der Waals surface area contributed by atoms with Gasteiger partial charge in [0.2, 0.25) is 0 Å². The lowest BCUT2D eigenvalue weighted by molar-refractivity contribution is 0.166. The minimum atomic E-state index is -0.387. The number of rotatable bonds is 3. The number of hydrogen-bond donors (Lipinski definition) is 1. The highest BCUT2D eigenvalue weighted by molar-refractivity contribution is 5.67. The van der Waals surface area contributed by atoms with Crippen LogP contribution in [0.2, 0.25) is 0 Å². The van der Waals surface area contributed by atoms with Gasteiger partial charge in [-0.25, -0.2) is 4.79 Å². The van der Waals surface area contributed by atoms with Gasteiger partial charge in [-0.3, -0.25) is 0 Å². The molecule has 0 aromatic heterocycles. The van der Waals surface area contributed by atoms with Crippen LogP contribution in [0.25, 0.3) is 0 Å². The summed E-state index contributed by atoms with van der Waals surface area (Å²) in [5.41, 5.74) is 2.32. The molecular weight excluding hydrogens is 190 g/mol. The van der Waals surface area contributed by atoms with Gasteiger partial charge in [0.1, 0.15) is 0 Å². The number of carbonyl (C=O) groups is 1. The van der Waals surface area contributed by atoms with Gasteiger partial charge in [-0.15, -0.1) is 0 Å². The van der Waals surface area contributed by atoms with E-state index in [0.717, 1.165) is 12.0 Å². The lowest BCUT2D eigenvalue weighted by atomic mass is 10.0. The molecule has 3 heteroatoms. The first-order valence-electron chi connectivity index (χ1n) is 5.08. The Morgan fingerprint density at radius 2 is 2.00 bits per heavy atom. The van der Waals surface area contributed by atoms with Crippen LogP contribution < -0.4 is 5.32 Å². The molecule has 1 aromatic rings. The Morgan fingerprint density at radius 1 is 1.40 bits per heavy atom. The number of methoxy groups -OCH3 is 1. The van der Waals surface area contributed by atoms with E-state index in [1.807, 2.05) is 38.1 Å². The predicted octanol–water partition coefficient (Wildman–Crippen LogP) is 2.80. The van der Waals surface area contributed by atoms with Crippen molar-refractivity contribution in [3.63, 3.8) is 0 Å². The van der Waals surface area contributed by atoms with E-state index in [2.05, 4.69) is 10.1 Å². The summed E-state index contributed by atoms with van der Waals surface area (Å²) in [4.78, 5) is 11.1. The van der Waals surface area contributed by atoms with Gasteiger partial charge in [0, 0.05) is 0 Å². The summed E-state index contributed by atoms with van der Waals surface area (Å²) in [6, 6.07) is 8.16. The van der Waals surface area contributed by atoms with Crippen molar-refractivity contribution >= 4 is 6.09 Å². The third kappa shape index (κ3) is 3.27. The van der Waals surface area contributed by atoms with Gasteiger partial charge in [0.15, 0.2) is 0 Å². The van der Waals surface area contributed by atoms with Crippen molar-refractivity contribution in [1.82, 2.24) is 5.32 Å². The molecule has 0 aliphatic heterocycles. The van der Waals surface area contributed by atoms with Gasteiger partial charge in [-0.1, -0.05) is 36.8 Å². The lowest BCUT2D eigenvalue weighted by Crippen LogP contribution is -2.27. The monoisotopic (exact) mass is 207 g/mol. The molecule has 1 aromatic carbocycles. The van der Waals surface area contributed by atoms with Gasteiger partial charge in [-0.2, -0.15) is 0 Å². The van der Waals surface area contributed by atoms with Crippen molar-refractivity contribution in [3.05, 3.63) is 35.4 Å². The summed E-state index contributed by atoms with van der Waals surface area (Å²) in [5.74, 6) is 0. The van der Waals surface area contributed by atoms with E-state index in [1.165, 1.54) is 12.7 Å². The van der Waals surface area contributed by atoms with Crippen LogP contribution in [-0.4, -0.2) is 13.2 Å². The summed E-state index contributed by atoms with van der Waals surface area (Å²) in [7, 11) is 1.37. The van der Waals surface area contributed by atoms with Crippen LogP contribution in [0.15, 0.2) is 24.3 Å². The van der Waals surface area contributed by atoms with Gasteiger partial charge < -0.3 is 10.1 Å². The van der Waals surface area contributed by atoms with E-state index < -0.39 is 0 Å². The zero-order valence-electron chi connectivity index (χ0n) is 9.41. The zero-order chi connectivity index (χ0) is 11.3. The van der Waals surface area contributed by atoms with Gasteiger partial charge in [0.05, 0.1) is 13.2 Å². The van der Waals surface area contributed by atoms with E-state index >= 15 is 0 Å². The van der Waals surface area contributed by atoms with Crippen molar-refractivity contribution in [3.8, 4) is 0 Å². The number of benzene rings is 1. The Labute approximate surface area is 90.4 Å². The number of hydrogen-bond acceptors (Lipinski definition) is 2. The molecule has 0 aliphatic rings. The summed E-state index contributed by atoms with van der Waals surface area (Å²) in [6.07, 6.45) is 0.459. The normalized spacial score (nSPS) is 11.9. The fourth-order valence-corrected chi connectivity index (χ4v) is 1.42. The van der Waals surface area contributed by atoms with Crippen molar-refractivity contribution in [2.45, 2.75) is 26.3 Å². The van der Waals surface area contributed by atoms with Crippen molar-refractivity contribution in [2.75, 3.05) is 7.11 Å². The number of aryl methyl sites for hydroxylation is 1. The molecule has 1 N–H and O–H groups in total. The minimum Gasteiger partial charge on any atom is -0.453 e. The summed E-state index contributed by atoms with van der Waals surface area (Å²) in [6.45, 7) is 4.07. The summed E-state index contributed by atoms with van der Waals surface area (Å²) in [5, 5.41) is 2.79. The maximum absolute atomic E-state index is 11.1. The molecule has 0 unspecified atom stereocenters. The Balaban J connectivity index is 2.74. The predicted molar refractivity (Wildman–Crippen MR) is 59.8 cm³/mol. The standard InChI is InChI=1S/C12H17NO2/c1-4-11(13-12(14)15-3)10-7-5-9(2)6-8-10/h5-8,11H,4H2,1-3H3,(H,13,14)/t11-/m0/s1. The van der Waals surface area contributed by atoms with E-state index in [9.17, 15) is 4.79 Å². The first-order chi connectivity index (χ1) is 7.17. The second kappa shape index (κ2) is 5.39. The molecule has 0 heterocycles. The van der Waals surface area contributed by atoms with Gasteiger partial charge in [0.25, 0.3) is 0 Å². The number of carbonyl (C=O) groups excluding carboxylic acids is 1. The maximum atomic E-state index is 11.1. The second-order valence-electron chi connectivity index (χ2n) is 3.51. The molecule has 0 saturated heterocycles. The van der Waals surface area contributed by atoms with Crippen molar-refractivity contribution < 1.29 is 9.53 Å². The largest absolute Gasteiger partial charge is 0.453 e. The molecule has 1 rings (SSSR count). The Hall–Kier alpha value is -1.51. The molecule has 0 radical (unpaired) electrons. The second-order valence-corrected chi connectivity index (χ2v) is 3.51. The van der Waals surface area contributed by atoms with Crippen LogP contribution in [0.5, 0.6) is 0 Å². The van der Waals surface area contributed by atoms with Crippen LogP contribution in [-0.2, 0) is 4.74 Å². The quantitative estimate of drug-likeness (QED) is 0.827. The Bertz CT molecular complexity index is 319. The molecule has 0 spiro atoms. The van der Waals surface area contributed by atoms with E-state index in [0.29, 0.717) is 0 Å². The fraction of sp³-hybridized carbons (Fsp3) is 0.417. The Morgan fingerprint density at radius 3 is 2.47 bits per heavy atom. The molecule has 82 valence electrons. The number of alkyl carbamates (subject to hydrolysis) is 1. The average molecular weight is 207 g/mol. The first kappa shape index (κ1) is 11.6. The molecule has 15 heavy (non-hydrogen) atoms. The molecular formula is C12H17NO2. The smallest absolute Gasteiger partial charge is 0.407 e. The minimum absolute atomic E-state index is 0.0260. The van der Waals surface area contributed by atoms with Gasteiger partial charge >= 0.3 is 6.09 Å². The molecule has 0 aliphatic carbocycles. The average Bonchev–Trinajstić information content (AvgIpc) is 2.27. The maximum Gasteiger partial charge on any atom is 0.407 e. The molecule has 0 bridgehead atoms. The topological polar surface area (TPSA) is 38.3 Å². The number of ether oxygens (including phenoxy) is 1. The molecule has 1 amide bonds. The summed E-state index contributed by atoms with van der Waals surface area (Å²) >= 11 is 0. The number of nitrogens with one attached hydrogen (secondary N) is 1. The van der Waals surface area contributed by atoms with Gasteiger partial charge in [-0.05, 0) is 18.9 Å². The fourth-order valence-electron chi connectivity index (χ4n) is 1.42. The third-order valence-corrected chi connectivity index (χ3v) is 2.37. The van der Waals surface area contributed by atoms with Crippen molar-refractivity contribution in [1.29, 1.82) is 0 Å². The molecule has 0 saturated carbocycles. The third-order valence-electron chi connectivity index (χ3n) is 2.37. The molecule has 1 atom stereocenters. The number of amides is 1. The van der Waals surface area contributed by atoms with Crippen molar-refractivity contribution in [2.24, 2.45) is 0 Å². The highest BCUT2D eigenvalue weighted by Crippen LogP contribution is 2.16. The van der Waals surface area contributed by atoms with Crippen LogP contribution in [0.1, 0.15) is 30.5 Å². The van der Waals surface area contributed by atoms with Crippen LogP contribution in [0.3, 0.4) is 0 Å². The Kier molecular flexibility index (Phi) is 4.16. The lowest BCUT2D eigenvalue weighted by Gasteiger charge is -2.16. The van der Waals surface area contributed by atoms with E-state index in [4.69, 9.17) is 0 Å². The zero-order valence-corrected chi connectivity index (χ0v) is 9.41. The summed E-state index contributed by atoms with van der Waals surface area (Å²) < 4.78 is 4.58. The van der Waals surface area contributed by atoms with Crippen LogP contribution >= 0.6 is 0 Å². The highest BCUT2D eigenvalue weighted by atomic mass is 16.5. The SMILES string of the molecule is CC[C@H](NC(=O)OC)c1ccc(C)cc1. The first-order valence-corrected chi connectivity index (χ1v) is 5.08.